The largest absolute Gasteiger partial charge is 0.481 e. The van der Waals surface area contributed by atoms with Crippen molar-refractivity contribution in [2.24, 2.45) is 11.5 Å². The first-order valence-electron chi connectivity index (χ1n) is 7.30. The van der Waals surface area contributed by atoms with E-state index in [0.717, 1.165) is 0 Å². The molecule has 0 bridgehead atoms. The van der Waals surface area contributed by atoms with Gasteiger partial charge >= 0.3 is 11.9 Å². The molecule has 0 aromatic rings. The van der Waals surface area contributed by atoms with E-state index in [4.69, 9.17) is 21.7 Å². The Morgan fingerprint density at radius 2 is 1.54 bits per heavy atom. The molecular weight excluding hydrogens is 354 g/mol. The minimum atomic E-state index is -1.54. The first kappa shape index (κ1) is 22.8. The molecule has 0 fully saturated rings. The molecule has 13 nitrogen and oxygen atoms in total. The molecule has 0 aliphatic heterocycles. The maximum atomic E-state index is 11.8. The summed E-state index contributed by atoms with van der Waals surface area (Å²) in [5, 5.41) is 23.7. The van der Waals surface area contributed by atoms with Gasteiger partial charge in [0.05, 0.1) is 25.4 Å². The van der Waals surface area contributed by atoms with Crippen LogP contribution < -0.4 is 27.4 Å². The second-order valence-corrected chi connectivity index (χ2v) is 5.28. The molecule has 0 saturated heterocycles. The third kappa shape index (κ3) is 9.17. The van der Waals surface area contributed by atoms with Crippen molar-refractivity contribution < 1.29 is 39.0 Å². The molecule has 0 spiro atoms. The fraction of sp³-hybridized carbons (Fsp3) is 0.538. The van der Waals surface area contributed by atoms with E-state index >= 15 is 0 Å². The molecule has 0 aromatic carbocycles. The summed E-state index contributed by atoms with van der Waals surface area (Å²) >= 11 is 0. The van der Waals surface area contributed by atoms with E-state index in [1.54, 1.807) is 0 Å². The van der Waals surface area contributed by atoms with Crippen molar-refractivity contribution in [3.8, 4) is 0 Å². The summed E-state index contributed by atoms with van der Waals surface area (Å²) in [5.74, 6) is -6.25. The highest BCUT2D eigenvalue weighted by atomic mass is 16.4. The quantitative estimate of drug-likeness (QED) is 0.185. The Balaban J connectivity index is 4.43. The number of carbonyl (C=O) groups excluding carboxylic acids is 4. The lowest BCUT2D eigenvalue weighted by atomic mass is 10.2. The molecule has 0 saturated carbocycles. The van der Waals surface area contributed by atoms with Gasteiger partial charge in [-0.3, -0.25) is 24.0 Å². The van der Waals surface area contributed by atoms with Crippen LogP contribution in [0, 0.1) is 0 Å². The van der Waals surface area contributed by atoms with Crippen molar-refractivity contribution >= 4 is 35.6 Å². The van der Waals surface area contributed by atoms with Gasteiger partial charge in [0.25, 0.3) is 0 Å². The zero-order valence-electron chi connectivity index (χ0n) is 13.9. The maximum Gasteiger partial charge on any atom is 0.326 e. The summed E-state index contributed by atoms with van der Waals surface area (Å²) in [6.07, 6.45) is -1.25. The maximum absolute atomic E-state index is 11.8. The normalized spacial score (nSPS) is 13.6. The van der Waals surface area contributed by atoms with Crippen LogP contribution in [0.1, 0.15) is 19.8 Å². The van der Waals surface area contributed by atoms with E-state index in [-0.39, 0.29) is 0 Å². The van der Waals surface area contributed by atoms with Crippen molar-refractivity contribution in [2.45, 2.75) is 37.9 Å². The standard InChI is InChI=1S/C13H21N5O8/c1-5(17-12(24)6(14)2-10(21)22)11(23)16-4-9(20)18-7(13(25)26)3-8(15)19/h5-7H,2-4,14H2,1H3,(H2,15,19)(H,16,23)(H,17,24)(H,18,20)(H,21,22)(H,25,26). The van der Waals surface area contributed by atoms with Crippen LogP contribution in [-0.4, -0.2) is 70.5 Å². The Morgan fingerprint density at radius 3 is 2.00 bits per heavy atom. The molecule has 3 atom stereocenters. The fourth-order valence-corrected chi connectivity index (χ4v) is 1.63. The number of carboxylic acids is 2. The zero-order chi connectivity index (χ0) is 20.4. The smallest absolute Gasteiger partial charge is 0.326 e. The summed E-state index contributed by atoms with van der Waals surface area (Å²) in [7, 11) is 0. The third-order valence-electron chi connectivity index (χ3n) is 2.95. The highest BCUT2D eigenvalue weighted by molar-refractivity contribution is 5.93. The Morgan fingerprint density at radius 1 is 0.962 bits per heavy atom. The van der Waals surface area contributed by atoms with E-state index in [1.165, 1.54) is 6.92 Å². The summed E-state index contributed by atoms with van der Waals surface area (Å²) in [6, 6.07) is -4.02. The van der Waals surface area contributed by atoms with E-state index < -0.39 is 73.1 Å². The van der Waals surface area contributed by atoms with Crippen molar-refractivity contribution in [1.82, 2.24) is 16.0 Å². The van der Waals surface area contributed by atoms with E-state index in [2.05, 4.69) is 10.6 Å². The van der Waals surface area contributed by atoms with Crippen LogP contribution in [0.15, 0.2) is 0 Å². The molecule has 9 N–H and O–H groups in total. The van der Waals surface area contributed by atoms with Gasteiger partial charge in [0.15, 0.2) is 0 Å². The van der Waals surface area contributed by atoms with Gasteiger partial charge in [0.1, 0.15) is 12.1 Å². The highest BCUT2D eigenvalue weighted by Crippen LogP contribution is 1.93. The Bertz CT molecular complexity index is 593. The number of hydrogen-bond donors (Lipinski definition) is 7. The van der Waals surface area contributed by atoms with Gasteiger partial charge in [0, 0.05) is 0 Å². The minimum Gasteiger partial charge on any atom is -0.481 e. The lowest BCUT2D eigenvalue weighted by Crippen LogP contribution is -2.52. The molecule has 0 rings (SSSR count). The lowest BCUT2D eigenvalue weighted by Gasteiger charge is -2.17. The van der Waals surface area contributed by atoms with Gasteiger partial charge in [0.2, 0.25) is 23.6 Å². The van der Waals surface area contributed by atoms with Gasteiger partial charge in [-0.25, -0.2) is 4.79 Å². The number of primary amides is 1. The van der Waals surface area contributed by atoms with Gasteiger partial charge in [-0.15, -0.1) is 0 Å². The number of hydrogen-bond acceptors (Lipinski definition) is 7. The molecule has 26 heavy (non-hydrogen) atoms. The molecule has 0 aliphatic rings. The Labute approximate surface area is 147 Å². The Hall–Kier alpha value is -3.22. The monoisotopic (exact) mass is 375 g/mol. The predicted molar refractivity (Wildman–Crippen MR) is 84.2 cm³/mol. The summed E-state index contributed by atoms with van der Waals surface area (Å²) in [4.78, 5) is 67.0. The van der Waals surface area contributed by atoms with Crippen molar-refractivity contribution in [3.05, 3.63) is 0 Å². The van der Waals surface area contributed by atoms with Gasteiger partial charge in [-0.2, -0.15) is 0 Å². The van der Waals surface area contributed by atoms with Crippen LogP contribution in [0.2, 0.25) is 0 Å². The number of carboxylic acid groups (broad SMARTS) is 2. The molecule has 4 amide bonds. The molecule has 3 unspecified atom stereocenters. The van der Waals surface area contributed by atoms with Crippen LogP contribution in [0.5, 0.6) is 0 Å². The Kier molecular flexibility index (Phi) is 9.29. The SMILES string of the molecule is CC(NC(=O)C(N)CC(=O)O)C(=O)NCC(=O)NC(CC(N)=O)C(=O)O. The molecule has 146 valence electrons. The van der Waals surface area contributed by atoms with Crippen LogP contribution in [0.3, 0.4) is 0 Å². The number of carbonyl (C=O) groups is 6. The van der Waals surface area contributed by atoms with Gasteiger partial charge in [-0.05, 0) is 6.92 Å². The minimum absolute atomic E-state index is 0.622. The number of nitrogens with two attached hydrogens (primary N) is 2. The van der Waals surface area contributed by atoms with E-state index in [0.29, 0.717) is 0 Å². The molecule has 0 aromatic heterocycles. The molecule has 13 heteroatoms. The molecule has 0 radical (unpaired) electrons. The second kappa shape index (κ2) is 10.6. The van der Waals surface area contributed by atoms with Crippen molar-refractivity contribution in [3.63, 3.8) is 0 Å². The van der Waals surface area contributed by atoms with E-state index in [1.807, 2.05) is 5.32 Å². The predicted octanol–water partition coefficient (Wildman–Crippen LogP) is -4.15. The van der Waals surface area contributed by atoms with E-state index in [9.17, 15) is 28.8 Å². The summed E-state index contributed by atoms with van der Waals surface area (Å²) in [6.45, 7) is 0.647. The molecule has 0 aliphatic carbocycles. The summed E-state index contributed by atoms with van der Waals surface area (Å²) in [5.41, 5.74) is 10.2. The number of amides is 4. The second-order valence-electron chi connectivity index (χ2n) is 5.28. The average molecular weight is 375 g/mol. The molecule has 0 heterocycles. The van der Waals surface area contributed by atoms with Crippen molar-refractivity contribution in [2.75, 3.05) is 6.54 Å². The van der Waals surface area contributed by atoms with Gasteiger partial charge < -0.3 is 37.6 Å². The van der Waals surface area contributed by atoms with Crippen LogP contribution in [-0.2, 0) is 28.8 Å². The molecular formula is C13H21N5O8. The lowest BCUT2D eigenvalue weighted by molar-refractivity contribution is -0.143. The first-order valence-corrected chi connectivity index (χ1v) is 7.30. The average Bonchev–Trinajstić information content (AvgIpc) is 2.50. The van der Waals surface area contributed by atoms with Crippen LogP contribution in [0.25, 0.3) is 0 Å². The first-order chi connectivity index (χ1) is 11.9. The number of aliphatic carboxylic acids is 2. The summed E-state index contributed by atoms with van der Waals surface area (Å²) < 4.78 is 0. The topological polar surface area (TPSA) is 231 Å². The zero-order valence-corrected chi connectivity index (χ0v) is 13.9. The number of nitrogens with one attached hydrogen (secondary N) is 3. The third-order valence-corrected chi connectivity index (χ3v) is 2.95. The van der Waals surface area contributed by atoms with Gasteiger partial charge in [-0.1, -0.05) is 0 Å². The highest BCUT2D eigenvalue weighted by Gasteiger charge is 2.24. The van der Waals surface area contributed by atoms with Crippen LogP contribution in [0.4, 0.5) is 0 Å². The fourth-order valence-electron chi connectivity index (χ4n) is 1.63. The van der Waals surface area contributed by atoms with Crippen LogP contribution >= 0.6 is 0 Å². The van der Waals surface area contributed by atoms with Crippen molar-refractivity contribution in [1.29, 1.82) is 0 Å². The number of rotatable bonds is 11.